The van der Waals surface area contributed by atoms with Gasteiger partial charge in [0.1, 0.15) is 18.6 Å². The summed E-state index contributed by atoms with van der Waals surface area (Å²) in [5.41, 5.74) is 5.95. The number of nitrogen functional groups attached to an aromatic ring is 1. The number of esters is 1. The Balaban J connectivity index is 2.63. The number of rotatable bonds is 5. The summed E-state index contributed by atoms with van der Waals surface area (Å²) in [5, 5.41) is 2.74. The van der Waals surface area contributed by atoms with Crippen molar-refractivity contribution < 1.29 is 14.3 Å². The molecule has 0 fully saturated rings. The van der Waals surface area contributed by atoms with Gasteiger partial charge in [0.25, 0.3) is 0 Å². The minimum Gasteiger partial charge on any atom is -0.479 e. The number of hydrogen-bond acceptors (Lipinski definition) is 7. The largest absolute Gasteiger partial charge is 0.479 e. The van der Waals surface area contributed by atoms with Crippen LogP contribution in [0.2, 0.25) is 0 Å². The molecule has 0 amide bonds. The standard InChI is InChI=1S/C9H14N4O3/c1-3-16-6(14)4-11-8-7(10)9(15-2)13-5-12-8/h5H,3-4,10H2,1-2H3,(H,11,12,13). The van der Waals surface area contributed by atoms with Crippen LogP contribution in [0.1, 0.15) is 6.92 Å². The van der Waals surface area contributed by atoms with Crippen LogP contribution in [-0.2, 0) is 9.53 Å². The molecule has 3 N–H and O–H groups in total. The maximum Gasteiger partial charge on any atom is 0.325 e. The molecule has 0 bridgehead atoms. The SMILES string of the molecule is CCOC(=O)CNc1ncnc(OC)c1N. The minimum absolute atomic E-state index is 0.00178. The van der Waals surface area contributed by atoms with E-state index in [1.807, 2.05) is 0 Å². The summed E-state index contributed by atoms with van der Waals surface area (Å²) in [6.45, 7) is 2.07. The molecule has 0 aliphatic rings. The van der Waals surface area contributed by atoms with Gasteiger partial charge in [-0.15, -0.1) is 0 Å². The molecule has 0 spiro atoms. The highest BCUT2D eigenvalue weighted by atomic mass is 16.5. The zero-order valence-corrected chi connectivity index (χ0v) is 9.19. The molecule has 1 aromatic rings. The first-order chi connectivity index (χ1) is 7.69. The van der Waals surface area contributed by atoms with Crippen LogP contribution >= 0.6 is 0 Å². The Morgan fingerprint density at radius 1 is 1.56 bits per heavy atom. The van der Waals surface area contributed by atoms with E-state index in [9.17, 15) is 4.79 Å². The van der Waals surface area contributed by atoms with E-state index in [-0.39, 0.29) is 24.1 Å². The molecule has 0 saturated carbocycles. The van der Waals surface area contributed by atoms with Crippen molar-refractivity contribution in [2.45, 2.75) is 6.92 Å². The Morgan fingerprint density at radius 3 is 2.94 bits per heavy atom. The summed E-state index contributed by atoms with van der Waals surface area (Å²) >= 11 is 0. The van der Waals surface area contributed by atoms with Crippen molar-refractivity contribution in [3.05, 3.63) is 6.33 Å². The Labute approximate surface area is 93.0 Å². The van der Waals surface area contributed by atoms with Gasteiger partial charge in [0.15, 0.2) is 5.82 Å². The number of nitrogens with two attached hydrogens (primary N) is 1. The Bertz CT molecular complexity index is 370. The van der Waals surface area contributed by atoms with Crippen molar-refractivity contribution in [1.82, 2.24) is 9.97 Å². The molecule has 0 unspecified atom stereocenters. The smallest absolute Gasteiger partial charge is 0.325 e. The Morgan fingerprint density at radius 2 is 2.31 bits per heavy atom. The van der Waals surface area contributed by atoms with Crippen molar-refractivity contribution in [2.24, 2.45) is 0 Å². The summed E-state index contributed by atoms with van der Waals surface area (Å²) in [4.78, 5) is 18.8. The maximum atomic E-state index is 11.1. The molecule has 0 aliphatic heterocycles. The van der Waals surface area contributed by atoms with E-state index < -0.39 is 0 Å². The van der Waals surface area contributed by atoms with Crippen molar-refractivity contribution in [2.75, 3.05) is 31.3 Å². The topological polar surface area (TPSA) is 99.4 Å². The number of aromatic nitrogens is 2. The van der Waals surface area contributed by atoms with Crippen LogP contribution in [0.25, 0.3) is 0 Å². The van der Waals surface area contributed by atoms with E-state index in [4.69, 9.17) is 15.2 Å². The first kappa shape index (κ1) is 12.0. The summed E-state index contributed by atoms with van der Waals surface area (Å²) in [7, 11) is 1.45. The predicted octanol–water partition coefficient (Wildman–Crippen LogP) is 0.0424. The molecule has 7 nitrogen and oxygen atoms in total. The molecule has 1 aromatic heterocycles. The van der Waals surface area contributed by atoms with Gasteiger partial charge in [-0.1, -0.05) is 0 Å². The zero-order chi connectivity index (χ0) is 12.0. The molecule has 0 aliphatic carbocycles. The molecular formula is C9H14N4O3. The molecule has 16 heavy (non-hydrogen) atoms. The van der Waals surface area contributed by atoms with Gasteiger partial charge >= 0.3 is 5.97 Å². The second kappa shape index (κ2) is 5.74. The number of nitrogens with one attached hydrogen (secondary N) is 1. The van der Waals surface area contributed by atoms with E-state index in [1.54, 1.807) is 6.92 Å². The number of nitrogens with zero attached hydrogens (tertiary/aromatic N) is 2. The van der Waals surface area contributed by atoms with Crippen LogP contribution in [0.15, 0.2) is 6.33 Å². The van der Waals surface area contributed by atoms with Gasteiger partial charge in [0.2, 0.25) is 5.88 Å². The fourth-order valence-electron chi connectivity index (χ4n) is 1.05. The van der Waals surface area contributed by atoms with E-state index >= 15 is 0 Å². The van der Waals surface area contributed by atoms with Gasteiger partial charge in [-0.2, -0.15) is 4.98 Å². The van der Waals surface area contributed by atoms with E-state index in [0.29, 0.717) is 12.4 Å². The lowest BCUT2D eigenvalue weighted by atomic mass is 10.4. The van der Waals surface area contributed by atoms with E-state index in [1.165, 1.54) is 13.4 Å². The summed E-state index contributed by atoms with van der Waals surface area (Å²) < 4.78 is 9.65. The van der Waals surface area contributed by atoms with Crippen molar-refractivity contribution in [1.29, 1.82) is 0 Å². The predicted molar refractivity (Wildman–Crippen MR) is 58.1 cm³/mol. The van der Waals surface area contributed by atoms with E-state index in [2.05, 4.69) is 15.3 Å². The lowest BCUT2D eigenvalue weighted by Gasteiger charge is -2.09. The second-order valence-electron chi connectivity index (χ2n) is 2.80. The van der Waals surface area contributed by atoms with Gasteiger partial charge in [-0.05, 0) is 6.92 Å². The molecule has 88 valence electrons. The van der Waals surface area contributed by atoms with Crippen molar-refractivity contribution in [3.63, 3.8) is 0 Å². The highest BCUT2D eigenvalue weighted by Gasteiger charge is 2.09. The molecule has 7 heteroatoms. The summed E-state index contributed by atoms with van der Waals surface area (Å²) in [6.07, 6.45) is 1.29. The fraction of sp³-hybridized carbons (Fsp3) is 0.444. The average molecular weight is 226 g/mol. The van der Waals surface area contributed by atoms with Crippen LogP contribution in [0.3, 0.4) is 0 Å². The van der Waals surface area contributed by atoms with Gasteiger partial charge < -0.3 is 20.5 Å². The molecule has 0 saturated heterocycles. The van der Waals surface area contributed by atoms with Crippen LogP contribution < -0.4 is 15.8 Å². The van der Waals surface area contributed by atoms with Crippen LogP contribution in [0.5, 0.6) is 5.88 Å². The molecule has 1 heterocycles. The summed E-state index contributed by atoms with van der Waals surface area (Å²) in [6, 6.07) is 0. The Kier molecular flexibility index (Phi) is 4.31. The fourth-order valence-corrected chi connectivity index (χ4v) is 1.05. The summed E-state index contributed by atoms with van der Waals surface area (Å²) in [5.74, 6) is 0.237. The third-order valence-electron chi connectivity index (χ3n) is 1.75. The van der Waals surface area contributed by atoms with Gasteiger partial charge in [-0.3, -0.25) is 4.79 Å². The van der Waals surface area contributed by atoms with Gasteiger partial charge in [-0.25, -0.2) is 4.98 Å². The third-order valence-corrected chi connectivity index (χ3v) is 1.75. The number of methoxy groups -OCH3 is 1. The van der Waals surface area contributed by atoms with Crippen molar-refractivity contribution >= 4 is 17.5 Å². The highest BCUT2D eigenvalue weighted by molar-refractivity contribution is 5.77. The highest BCUT2D eigenvalue weighted by Crippen LogP contribution is 2.23. The molecule has 0 radical (unpaired) electrons. The second-order valence-corrected chi connectivity index (χ2v) is 2.80. The van der Waals surface area contributed by atoms with Crippen LogP contribution in [-0.4, -0.2) is 36.2 Å². The third kappa shape index (κ3) is 2.97. The lowest BCUT2D eigenvalue weighted by molar-refractivity contribution is -0.140. The monoisotopic (exact) mass is 226 g/mol. The number of anilines is 2. The minimum atomic E-state index is -0.375. The normalized spacial score (nSPS) is 9.62. The lowest BCUT2D eigenvalue weighted by Crippen LogP contribution is -2.18. The first-order valence-corrected chi connectivity index (χ1v) is 4.73. The van der Waals surface area contributed by atoms with Crippen LogP contribution in [0, 0.1) is 0 Å². The van der Waals surface area contributed by atoms with Crippen molar-refractivity contribution in [3.8, 4) is 5.88 Å². The number of ether oxygens (including phenoxy) is 2. The van der Waals surface area contributed by atoms with E-state index in [0.717, 1.165) is 0 Å². The number of carbonyl (C=O) groups excluding carboxylic acids is 1. The van der Waals surface area contributed by atoms with Gasteiger partial charge in [0.05, 0.1) is 13.7 Å². The maximum absolute atomic E-state index is 11.1. The zero-order valence-electron chi connectivity index (χ0n) is 9.19. The molecule has 1 rings (SSSR count). The number of carbonyl (C=O) groups is 1. The quantitative estimate of drug-likeness (QED) is 0.684. The Hall–Kier alpha value is -2.05. The molecule has 0 aromatic carbocycles. The number of hydrogen-bond donors (Lipinski definition) is 2. The average Bonchev–Trinajstić information content (AvgIpc) is 2.28. The first-order valence-electron chi connectivity index (χ1n) is 4.73. The molecule has 0 atom stereocenters. The van der Waals surface area contributed by atoms with Gasteiger partial charge in [0, 0.05) is 0 Å². The molecular weight excluding hydrogens is 212 g/mol. The van der Waals surface area contributed by atoms with Crippen LogP contribution in [0.4, 0.5) is 11.5 Å².